The molecule has 0 saturated carbocycles. The van der Waals surface area contributed by atoms with Gasteiger partial charge in [-0.25, -0.2) is 19.3 Å². The molecule has 0 bridgehead atoms. The third-order valence-electron chi connectivity index (χ3n) is 5.22. The Kier molecular flexibility index (Phi) is 7.30. The van der Waals surface area contributed by atoms with Crippen molar-refractivity contribution in [2.24, 2.45) is 7.05 Å². The molecule has 0 N–H and O–H groups in total. The van der Waals surface area contributed by atoms with E-state index in [0.29, 0.717) is 17.3 Å². The molecule has 12 heteroatoms. The first kappa shape index (κ1) is 24.9. The van der Waals surface area contributed by atoms with Crippen molar-refractivity contribution >= 4 is 23.7 Å². The van der Waals surface area contributed by atoms with Crippen LogP contribution in [0.1, 0.15) is 30.2 Å². The Labute approximate surface area is 211 Å². The topological polar surface area (TPSA) is 123 Å². The lowest BCUT2D eigenvalue weighted by Crippen LogP contribution is -2.24. The second kappa shape index (κ2) is 10.6. The average Bonchev–Trinajstić information content (AvgIpc) is 3.40. The van der Waals surface area contributed by atoms with Crippen LogP contribution in [0.3, 0.4) is 0 Å². The number of carbonyl (C=O) groups excluding carboxylic acids is 2. The fourth-order valence-electron chi connectivity index (χ4n) is 3.69. The molecule has 2 aromatic carbocycles. The van der Waals surface area contributed by atoms with Gasteiger partial charge < -0.3 is 14.2 Å². The molecule has 2 aromatic heterocycles. The molecule has 0 spiro atoms. The Bertz CT molecular complexity index is 1400. The Morgan fingerprint density at radius 3 is 2.39 bits per heavy atom. The lowest BCUT2D eigenvalue weighted by molar-refractivity contribution is -0.0815. The van der Waals surface area contributed by atoms with Gasteiger partial charge in [-0.2, -0.15) is 0 Å². The summed E-state index contributed by atoms with van der Waals surface area (Å²) in [7, 11) is 1.78. The van der Waals surface area contributed by atoms with Gasteiger partial charge in [-0.3, -0.25) is 4.57 Å². The molecule has 4 rings (SSSR count). The minimum Gasteiger partial charge on any atom is -0.435 e. The van der Waals surface area contributed by atoms with Crippen molar-refractivity contribution < 1.29 is 23.8 Å². The Hall–Kier alpha value is -4.25. The number of tetrazole rings is 1. The molecule has 1 unspecified atom stereocenters. The van der Waals surface area contributed by atoms with Crippen molar-refractivity contribution in [2.75, 3.05) is 6.61 Å². The second-order valence-corrected chi connectivity index (χ2v) is 7.98. The van der Waals surface area contributed by atoms with Crippen LogP contribution in [0.4, 0.5) is 4.79 Å². The van der Waals surface area contributed by atoms with Crippen LogP contribution in [-0.2, 0) is 21.3 Å². The van der Waals surface area contributed by atoms with Crippen molar-refractivity contribution in [3.05, 3.63) is 65.2 Å². The number of benzene rings is 2. The van der Waals surface area contributed by atoms with Crippen LogP contribution in [0.25, 0.3) is 28.2 Å². The zero-order valence-corrected chi connectivity index (χ0v) is 20.8. The van der Waals surface area contributed by atoms with E-state index in [9.17, 15) is 9.59 Å². The summed E-state index contributed by atoms with van der Waals surface area (Å²) in [6.45, 7) is 4.88. The van der Waals surface area contributed by atoms with Crippen molar-refractivity contribution in [1.29, 1.82) is 0 Å². The molecule has 2 heterocycles. The predicted molar refractivity (Wildman–Crippen MR) is 130 cm³/mol. The number of hydrogen-bond acceptors (Lipinski definition) is 9. The third kappa shape index (κ3) is 5.05. The zero-order valence-electron chi connectivity index (χ0n) is 20.0. The van der Waals surface area contributed by atoms with E-state index in [2.05, 4.69) is 20.5 Å². The Balaban J connectivity index is 1.63. The van der Waals surface area contributed by atoms with Crippen LogP contribution in [0, 0.1) is 6.92 Å². The maximum Gasteiger partial charge on any atom is 0.511 e. The van der Waals surface area contributed by atoms with E-state index in [1.807, 2.05) is 48.5 Å². The number of aromatic nitrogens is 6. The van der Waals surface area contributed by atoms with Crippen molar-refractivity contribution in [3.63, 3.8) is 0 Å². The highest BCUT2D eigenvalue weighted by atomic mass is 35.5. The summed E-state index contributed by atoms with van der Waals surface area (Å²) in [6.07, 6.45) is -2.13. The van der Waals surface area contributed by atoms with E-state index < -0.39 is 18.4 Å². The summed E-state index contributed by atoms with van der Waals surface area (Å²) < 4.78 is 18.0. The maximum atomic E-state index is 12.9. The SMILES string of the molecule is CCOC(=O)OC(C)OC(=O)c1c(Cl)nc(C)n1-c1ccc(-c2ccccc2-c2nnnn2C)cc1. The Morgan fingerprint density at radius 2 is 1.75 bits per heavy atom. The van der Waals surface area contributed by atoms with Crippen LogP contribution < -0.4 is 0 Å². The quantitative estimate of drug-likeness (QED) is 0.263. The smallest absolute Gasteiger partial charge is 0.435 e. The average molecular weight is 511 g/mol. The highest BCUT2D eigenvalue weighted by Gasteiger charge is 2.26. The van der Waals surface area contributed by atoms with E-state index in [0.717, 1.165) is 16.7 Å². The molecule has 0 radical (unpaired) electrons. The van der Waals surface area contributed by atoms with Crippen LogP contribution in [0.5, 0.6) is 0 Å². The van der Waals surface area contributed by atoms with Gasteiger partial charge in [-0.05, 0) is 47.5 Å². The lowest BCUT2D eigenvalue weighted by Gasteiger charge is -2.15. The minimum absolute atomic E-state index is 0.00628. The highest BCUT2D eigenvalue weighted by molar-refractivity contribution is 6.32. The first-order chi connectivity index (χ1) is 17.3. The molecule has 11 nitrogen and oxygen atoms in total. The fraction of sp³-hybridized carbons (Fsp3) is 0.250. The van der Waals surface area contributed by atoms with Crippen LogP contribution in [-0.4, -0.2) is 54.8 Å². The summed E-state index contributed by atoms with van der Waals surface area (Å²) in [5.74, 6) is 0.307. The summed E-state index contributed by atoms with van der Waals surface area (Å²) in [5.41, 5.74) is 3.37. The standard InChI is InChI=1S/C24H23ClN6O5/c1-5-34-24(33)36-15(3)35-23(32)20-21(25)26-14(2)31(20)17-12-10-16(11-13-17)18-8-6-7-9-19(18)22-27-28-29-30(22)4/h6-13,15H,5H2,1-4H3. The molecule has 1 atom stereocenters. The van der Waals surface area contributed by atoms with Gasteiger partial charge in [0.2, 0.25) is 6.29 Å². The third-order valence-corrected chi connectivity index (χ3v) is 5.48. The van der Waals surface area contributed by atoms with Gasteiger partial charge in [0, 0.05) is 25.2 Å². The van der Waals surface area contributed by atoms with E-state index in [-0.39, 0.29) is 17.5 Å². The zero-order chi connectivity index (χ0) is 25.8. The van der Waals surface area contributed by atoms with E-state index >= 15 is 0 Å². The molecule has 36 heavy (non-hydrogen) atoms. The fourth-order valence-corrected chi connectivity index (χ4v) is 3.97. The highest BCUT2D eigenvalue weighted by Crippen LogP contribution is 2.32. The maximum absolute atomic E-state index is 12.9. The molecule has 0 aliphatic heterocycles. The monoisotopic (exact) mass is 510 g/mol. The normalized spacial score (nSPS) is 11.7. The van der Waals surface area contributed by atoms with Crippen LogP contribution >= 0.6 is 11.6 Å². The number of nitrogens with zero attached hydrogens (tertiary/aromatic N) is 6. The van der Waals surface area contributed by atoms with Gasteiger partial charge in [-0.1, -0.05) is 48.0 Å². The van der Waals surface area contributed by atoms with E-state index in [4.69, 9.17) is 25.8 Å². The molecule has 0 aliphatic carbocycles. The van der Waals surface area contributed by atoms with Gasteiger partial charge in [0.25, 0.3) is 0 Å². The van der Waals surface area contributed by atoms with Gasteiger partial charge in [-0.15, -0.1) is 5.10 Å². The summed E-state index contributed by atoms with van der Waals surface area (Å²) in [6, 6.07) is 15.3. The molecule has 0 fully saturated rings. The van der Waals surface area contributed by atoms with Crippen molar-refractivity contribution in [3.8, 4) is 28.2 Å². The Morgan fingerprint density at radius 1 is 1.06 bits per heavy atom. The minimum atomic E-state index is -1.19. The number of imidazole rings is 1. The lowest BCUT2D eigenvalue weighted by atomic mass is 9.99. The summed E-state index contributed by atoms with van der Waals surface area (Å²) in [5, 5.41) is 11.7. The number of aryl methyl sites for hydroxylation is 2. The molecule has 0 aliphatic rings. The number of halogens is 1. The molecule has 4 aromatic rings. The number of carbonyl (C=O) groups is 2. The number of esters is 1. The van der Waals surface area contributed by atoms with E-state index in [1.165, 1.54) is 6.92 Å². The molecular weight excluding hydrogens is 488 g/mol. The molecule has 0 amide bonds. The van der Waals surface area contributed by atoms with Gasteiger partial charge >= 0.3 is 12.1 Å². The van der Waals surface area contributed by atoms with Crippen molar-refractivity contribution in [1.82, 2.24) is 29.8 Å². The largest absolute Gasteiger partial charge is 0.511 e. The first-order valence-electron chi connectivity index (χ1n) is 11.0. The number of hydrogen-bond donors (Lipinski definition) is 0. The number of ether oxygens (including phenoxy) is 3. The van der Waals surface area contributed by atoms with Crippen LogP contribution in [0.15, 0.2) is 48.5 Å². The first-order valence-corrected chi connectivity index (χ1v) is 11.4. The molecule has 0 saturated heterocycles. The van der Waals surface area contributed by atoms with Gasteiger partial charge in [0.15, 0.2) is 16.7 Å². The summed E-state index contributed by atoms with van der Waals surface area (Å²) in [4.78, 5) is 28.6. The second-order valence-electron chi connectivity index (χ2n) is 7.63. The van der Waals surface area contributed by atoms with Crippen molar-refractivity contribution in [2.45, 2.75) is 27.1 Å². The molecule has 186 valence electrons. The van der Waals surface area contributed by atoms with Crippen LogP contribution in [0.2, 0.25) is 5.15 Å². The van der Waals surface area contributed by atoms with Gasteiger partial charge in [0.1, 0.15) is 5.82 Å². The predicted octanol–water partition coefficient (Wildman–Crippen LogP) is 4.37. The van der Waals surface area contributed by atoms with Gasteiger partial charge in [0.05, 0.1) is 6.61 Å². The number of rotatable bonds is 7. The molecular formula is C24H23ClN6O5. The van der Waals surface area contributed by atoms with E-state index in [1.54, 1.807) is 30.1 Å². The summed E-state index contributed by atoms with van der Waals surface area (Å²) >= 11 is 6.27.